The maximum Gasteiger partial charge on any atom is 0.270 e. The highest BCUT2D eigenvalue weighted by atomic mass is 35.5. The maximum absolute atomic E-state index is 12.4. The fraction of sp³-hybridized carbons (Fsp3) is 0.190. The van der Waals surface area contributed by atoms with Crippen LogP contribution in [0.15, 0.2) is 60.7 Å². The zero-order chi connectivity index (χ0) is 19.1. The summed E-state index contributed by atoms with van der Waals surface area (Å²) in [7, 11) is 0. The molecule has 2 N–H and O–H groups in total. The largest absolute Gasteiger partial charge is 0.351 e. The van der Waals surface area contributed by atoms with E-state index >= 15 is 0 Å². The van der Waals surface area contributed by atoms with Gasteiger partial charge in [-0.1, -0.05) is 54.1 Å². The molecule has 0 saturated carbocycles. The minimum atomic E-state index is -0.212. The molecule has 0 aliphatic carbocycles. The average molecular weight is 381 g/mol. The van der Waals surface area contributed by atoms with Gasteiger partial charge in [-0.3, -0.25) is 4.79 Å². The third-order valence-electron chi connectivity index (χ3n) is 3.98. The topological polar surface area (TPSA) is 66.9 Å². The number of para-hydroxylation sites is 1. The van der Waals surface area contributed by atoms with Crippen molar-refractivity contribution >= 4 is 29.0 Å². The second kappa shape index (κ2) is 9.14. The van der Waals surface area contributed by atoms with Gasteiger partial charge < -0.3 is 10.6 Å². The minimum Gasteiger partial charge on any atom is -0.351 e. The van der Waals surface area contributed by atoms with E-state index in [1.807, 2.05) is 36.4 Å². The Labute approximate surface area is 163 Å². The molecule has 2 aromatic carbocycles. The van der Waals surface area contributed by atoms with Crippen LogP contribution in [0.3, 0.4) is 0 Å². The summed E-state index contributed by atoms with van der Waals surface area (Å²) in [6.45, 7) is 2.34. The number of nitrogens with one attached hydrogen (secondary N) is 2. The summed E-state index contributed by atoms with van der Waals surface area (Å²) in [5, 5.41) is 6.63. The van der Waals surface area contributed by atoms with Crippen molar-refractivity contribution in [3.05, 3.63) is 82.8 Å². The van der Waals surface area contributed by atoms with E-state index in [9.17, 15) is 4.79 Å². The van der Waals surface area contributed by atoms with E-state index in [1.165, 1.54) is 5.56 Å². The zero-order valence-electron chi connectivity index (χ0n) is 15.1. The van der Waals surface area contributed by atoms with Crippen LogP contribution in [0.4, 0.5) is 11.5 Å². The third kappa shape index (κ3) is 5.53. The molecule has 0 radical (unpaired) electrons. The lowest BCUT2D eigenvalue weighted by Gasteiger charge is -2.10. The zero-order valence-corrected chi connectivity index (χ0v) is 15.8. The Morgan fingerprint density at radius 2 is 1.78 bits per heavy atom. The summed E-state index contributed by atoms with van der Waals surface area (Å²) in [5.74, 6) is 0.835. The summed E-state index contributed by atoms with van der Waals surface area (Å²) in [4.78, 5) is 21.0. The van der Waals surface area contributed by atoms with E-state index in [0.717, 1.165) is 18.5 Å². The maximum atomic E-state index is 12.4. The van der Waals surface area contributed by atoms with Gasteiger partial charge in [0, 0.05) is 12.6 Å². The van der Waals surface area contributed by atoms with Crippen molar-refractivity contribution < 1.29 is 4.79 Å². The highest BCUT2D eigenvalue weighted by Gasteiger charge is 2.11. The molecule has 0 fully saturated rings. The molecular formula is C21H21ClN4O. The number of anilines is 2. The van der Waals surface area contributed by atoms with Crippen molar-refractivity contribution in [2.45, 2.75) is 19.8 Å². The molecule has 0 atom stereocenters. The lowest BCUT2D eigenvalue weighted by molar-refractivity contribution is 0.0948. The van der Waals surface area contributed by atoms with Gasteiger partial charge >= 0.3 is 0 Å². The Kier molecular flexibility index (Phi) is 6.39. The van der Waals surface area contributed by atoms with Crippen LogP contribution >= 0.6 is 11.6 Å². The van der Waals surface area contributed by atoms with Crippen LogP contribution in [0.2, 0.25) is 5.02 Å². The minimum absolute atomic E-state index is 0.212. The van der Waals surface area contributed by atoms with Gasteiger partial charge in [0.25, 0.3) is 5.91 Å². The van der Waals surface area contributed by atoms with Gasteiger partial charge in [-0.05, 0) is 37.5 Å². The molecule has 1 amide bonds. The van der Waals surface area contributed by atoms with E-state index in [4.69, 9.17) is 11.6 Å². The average Bonchev–Trinajstić information content (AvgIpc) is 2.67. The molecule has 3 rings (SSSR count). The Morgan fingerprint density at radius 1 is 1.04 bits per heavy atom. The summed E-state index contributed by atoms with van der Waals surface area (Å²) in [6, 6.07) is 19.2. The fourth-order valence-electron chi connectivity index (χ4n) is 2.68. The van der Waals surface area contributed by atoms with Crippen LogP contribution in [0, 0.1) is 6.92 Å². The quantitative estimate of drug-likeness (QED) is 0.590. The summed E-state index contributed by atoms with van der Waals surface area (Å²) in [6.07, 6.45) is 1.79. The summed E-state index contributed by atoms with van der Waals surface area (Å²) < 4.78 is 0. The predicted octanol–water partition coefficient (Wildman–Crippen LogP) is 4.54. The van der Waals surface area contributed by atoms with Crippen molar-refractivity contribution in [1.82, 2.24) is 15.3 Å². The Bertz CT molecular complexity index is 915. The van der Waals surface area contributed by atoms with Crippen molar-refractivity contribution in [3.63, 3.8) is 0 Å². The second-order valence-electron chi connectivity index (χ2n) is 6.14. The third-order valence-corrected chi connectivity index (χ3v) is 4.31. The number of hydrogen-bond donors (Lipinski definition) is 2. The Morgan fingerprint density at radius 3 is 2.56 bits per heavy atom. The van der Waals surface area contributed by atoms with Crippen molar-refractivity contribution in [2.24, 2.45) is 0 Å². The number of benzene rings is 2. The molecule has 0 spiro atoms. The van der Waals surface area contributed by atoms with Crippen LogP contribution in [-0.4, -0.2) is 22.4 Å². The fourth-order valence-corrected chi connectivity index (χ4v) is 2.86. The van der Waals surface area contributed by atoms with Crippen molar-refractivity contribution in [3.8, 4) is 0 Å². The number of nitrogens with zero attached hydrogens (tertiary/aromatic N) is 2. The molecule has 1 aromatic heterocycles. The van der Waals surface area contributed by atoms with Gasteiger partial charge in [0.1, 0.15) is 17.3 Å². The number of halogens is 1. The lowest BCUT2D eigenvalue weighted by Crippen LogP contribution is -2.26. The van der Waals surface area contributed by atoms with Crippen LogP contribution in [0.1, 0.15) is 28.3 Å². The summed E-state index contributed by atoms with van der Waals surface area (Å²) in [5.41, 5.74) is 2.32. The van der Waals surface area contributed by atoms with Gasteiger partial charge in [-0.2, -0.15) is 0 Å². The van der Waals surface area contributed by atoms with Gasteiger partial charge in [0.2, 0.25) is 0 Å². The normalized spacial score (nSPS) is 10.4. The molecule has 0 unspecified atom stereocenters. The van der Waals surface area contributed by atoms with Crippen LogP contribution in [0.25, 0.3) is 0 Å². The molecule has 5 nitrogen and oxygen atoms in total. The first-order valence-corrected chi connectivity index (χ1v) is 9.19. The Hall–Kier alpha value is -2.92. The number of amides is 1. The van der Waals surface area contributed by atoms with E-state index < -0.39 is 0 Å². The van der Waals surface area contributed by atoms with Gasteiger partial charge in [0.05, 0.1) is 10.7 Å². The first-order chi connectivity index (χ1) is 13.1. The molecule has 0 bridgehead atoms. The SMILES string of the molecule is Cc1nc(Nc2ccccc2Cl)cc(C(=O)NCCCc2ccccc2)n1. The van der Waals surface area contributed by atoms with Crippen LogP contribution < -0.4 is 10.6 Å². The second-order valence-corrected chi connectivity index (χ2v) is 6.54. The Balaban J connectivity index is 1.59. The van der Waals surface area contributed by atoms with Crippen molar-refractivity contribution in [1.29, 1.82) is 0 Å². The van der Waals surface area contributed by atoms with E-state index in [-0.39, 0.29) is 5.91 Å². The van der Waals surface area contributed by atoms with E-state index in [0.29, 0.717) is 28.9 Å². The number of carbonyl (C=O) groups is 1. The monoisotopic (exact) mass is 380 g/mol. The molecule has 1 heterocycles. The number of hydrogen-bond acceptors (Lipinski definition) is 4. The molecule has 0 saturated heterocycles. The molecule has 0 aliphatic rings. The number of aromatic nitrogens is 2. The standard InChI is InChI=1S/C21H21ClN4O/c1-15-24-19(14-20(25-15)26-18-12-6-5-11-17(18)22)21(27)23-13-7-10-16-8-3-2-4-9-16/h2-6,8-9,11-12,14H,7,10,13H2,1H3,(H,23,27)(H,24,25,26). The molecule has 27 heavy (non-hydrogen) atoms. The van der Waals surface area contributed by atoms with E-state index in [1.54, 1.807) is 19.1 Å². The highest BCUT2D eigenvalue weighted by Crippen LogP contribution is 2.24. The van der Waals surface area contributed by atoms with E-state index in [2.05, 4.69) is 32.7 Å². The molecule has 6 heteroatoms. The van der Waals surface area contributed by atoms with Gasteiger partial charge in [-0.15, -0.1) is 0 Å². The van der Waals surface area contributed by atoms with Gasteiger partial charge in [-0.25, -0.2) is 9.97 Å². The molecule has 0 aliphatic heterocycles. The van der Waals surface area contributed by atoms with Crippen molar-refractivity contribution in [2.75, 3.05) is 11.9 Å². The smallest absolute Gasteiger partial charge is 0.270 e. The number of carbonyl (C=O) groups excluding carboxylic acids is 1. The molecule has 138 valence electrons. The first-order valence-electron chi connectivity index (χ1n) is 8.81. The highest BCUT2D eigenvalue weighted by molar-refractivity contribution is 6.33. The predicted molar refractivity (Wildman–Crippen MR) is 109 cm³/mol. The van der Waals surface area contributed by atoms with Crippen LogP contribution in [-0.2, 0) is 6.42 Å². The van der Waals surface area contributed by atoms with Crippen LogP contribution in [0.5, 0.6) is 0 Å². The number of aryl methyl sites for hydroxylation is 2. The number of rotatable bonds is 7. The summed E-state index contributed by atoms with van der Waals surface area (Å²) >= 11 is 6.17. The first kappa shape index (κ1) is 18.9. The molecule has 3 aromatic rings. The molecular weight excluding hydrogens is 360 g/mol. The lowest BCUT2D eigenvalue weighted by atomic mass is 10.1. The van der Waals surface area contributed by atoms with Gasteiger partial charge in [0.15, 0.2) is 0 Å².